The predicted octanol–water partition coefficient (Wildman–Crippen LogP) is 5.65. The molecule has 4 nitrogen and oxygen atoms in total. The molecule has 1 amide bonds. The molecule has 0 bridgehead atoms. The summed E-state index contributed by atoms with van der Waals surface area (Å²) >= 11 is 12.2. The van der Waals surface area contributed by atoms with Crippen molar-refractivity contribution in [3.05, 3.63) is 93.6 Å². The summed E-state index contributed by atoms with van der Waals surface area (Å²) in [4.78, 5) is 17.4. The first kappa shape index (κ1) is 21.7. The number of aromatic nitrogens is 1. The predicted molar refractivity (Wildman–Crippen MR) is 127 cm³/mol. The van der Waals surface area contributed by atoms with E-state index < -0.39 is 0 Å². The van der Waals surface area contributed by atoms with Crippen molar-refractivity contribution in [3.63, 3.8) is 0 Å². The van der Waals surface area contributed by atoms with Crippen molar-refractivity contribution in [1.29, 1.82) is 0 Å². The normalized spacial score (nSPS) is 17.2. The summed E-state index contributed by atoms with van der Waals surface area (Å²) in [5.41, 5.74) is 3.46. The summed E-state index contributed by atoms with van der Waals surface area (Å²) in [5.74, 6) is 0.896. The van der Waals surface area contributed by atoms with Gasteiger partial charge in [-0.1, -0.05) is 53.5 Å². The van der Waals surface area contributed by atoms with Gasteiger partial charge in [0.2, 0.25) is 5.91 Å². The first-order chi connectivity index (χ1) is 15.0. The van der Waals surface area contributed by atoms with Crippen LogP contribution in [0.25, 0.3) is 0 Å². The number of nitrogens with zero attached hydrogens (tertiary/aromatic N) is 1. The van der Waals surface area contributed by atoms with Crippen LogP contribution in [0, 0.1) is 0 Å². The van der Waals surface area contributed by atoms with Crippen LogP contribution in [0.2, 0.25) is 10.0 Å². The van der Waals surface area contributed by atoms with E-state index in [-0.39, 0.29) is 23.9 Å². The number of rotatable bonds is 6. The summed E-state index contributed by atoms with van der Waals surface area (Å²) < 4.78 is 0. The van der Waals surface area contributed by atoms with Crippen LogP contribution >= 0.6 is 23.2 Å². The number of aryl methyl sites for hydroxylation is 1. The standard InChI is InChI=1S/C25H25Cl2N3O/c1-16(29-25(31)23-13-8-19-3-2-14-28-24(19)30-23)22(18-6-11-21(27)12-7-18)15-17-4-9-20(26)10-5-17/h2-7,9-12,14,16,22-23H,8,13,15H2,1H3,(H,28,30)(H,29,31). The molecular formula is C25H25Cl2N3O. The van der Waals surface area contributed by atoms with Crippen molar-refractivity contribution in [2.24, 2.45) is 0 Å². The molecule has 0 saturated carbocycles. The summed E-state index contributed by atoms with van der Waals surface area (Å²) in [5, 5.41) is 7.94. The molecule has 3 aromatic rings. The third-order valence-corrected chi connectivity index (χ3v) is 6.37. The number of fused-ring (bicyclic) bond motifs is 1. The summed E-state index contributed by atoms with van der Waals surface area (Å²) in [7, 11) is 0. The topological polar surface area (TPSA) is 54.0 Å². The Kier molecular flexibility index (Phi) is 6.79. The highest BCUT2D eigenvalue weighted by Crippen LogP contribution is 2.28. The number of hydrogen-bond acceptors (Lipinski definition) is 3. The lowest BCUT2D eigenvalue weighted by Crippen LogP contribution is -2.47. The maximum Gasteiger partial charge on any atom is 0.242 e. The van der Waals surface area contributed by atoms with Gasteiger partial charge in [-0.05, 0) is 73.2 Å². The number of halogens is 2. The van der Waals surface area contributed by atoms with Gasteiger partial charge in [0, 0.05) is 28.2 Å². The molecule has 3 unspecified atom stereocenters. The first-order valence-electron chi connectivity index (χ1n) is 10.5. The largest absolute Gasteiger partial charge is 0.358 e. The second kappa shape index (κ2) is 9.71. The monoisotopic (exact) mass is 453 g/mol. The lowest BCUT2D eigenvalue weighted by Gasteiger charge is -2.30. The van der Waals surface area contributed by atoms with E-state index in [0.717, 1.165) is 36.2 Å². The Morgan fingerprint density at radius 3 is 2.48 bits per heavy atom. The average molecular weight is 454 g/mol. The summed E-state index contributed by atoms with van der Waals surface area (Å²) in [6.45, 7) is 2.06. The Bertz CT molecular complexity index is 1040. The van der Waals surface area contributed by atoms with E-state index in [9.17, 15) is 4.79 Å². The fourth-order valence-electron chi connectivity index (χ4n) is 4.10. The Morgan fingerprint density at radius 1 is 1.10 bits per heavy atom. The fourth-order valence-corrected chi connectivity index (χ4v) is 4.35. The van der Waals surface area contributed by atoms with Gasteiger partial charge in [0.15, 0.2) is 0 Å². The number of nitrogens with one attached hydrogen (secondary N) is 2. The van der Waals surface area contributed by atoms with E-state index in [1.54, 1.807) is 6.20 Å². The Balaban J connectivity index is 1.50. The highest BCUT2D eigenvalue weighted by atomic mass is 35.5. The molecule has 0 radical (unpaired) electrons. The SMILES string of the molecule is CC(NC(=O)C1CCc2cccnc2N1)C(Cc1ccc(Cl)cc1)c1ccc(Cl)cc1. The molecule has 0 saturated heterocycles. The minimum Gasteiger partial charge on any atom is -0.358 e. The van der Waals surface area contributed by atoms with Gasteiger partial charge in [-0.2, -0.15) is 0 Å². The second-order valence-electron chi connectivity index (χ2n) is 8.03. The van der Waals surface area contributed by atoms with Gasteiger partial charge in [0.05, 0.1) is 0 Å². The molecule has 3 atom stereocenters. The van der Waals surface area contributed by atoms with Gasteiger partial charge in [-0.25, -0.2) is 4.98 Å². The molecule has 1 aliphatic heterocycles. The second-order valence-corrected chi connectivity index (χ2v) is 8.91. The molecule has 1 aromatic heterocycles. The van der Waals surface area contributed by atoms with Crippen LogP contribution in [-0.2, 0) is 17.6 Å². The number of hydrogen-bond donors (Lipinski definition) is 2. The molecule has 4 rings (SSSR count). The first-order valence-corrected chi connectivity index (χ1v) is 11.3. The van der Waals surface area contributed by atoms with Crippen LogP contribution in [0.5, 0.6) is 0 Å². The summed E-state index contributed by atoms with van der Waals surface area (Å²) in [6.07, 6.45) is 4.12. The number of amides is 1. The van der Waals surface area contributed by atoms with E-state index in [4.69, 9.17) is 23.2 Å². The molecule has 0 aliphatic carbocycles. The molecule has 2 heterocycles. The van der Waals surface area contributed by atoms with E-state index in [2.05, 4.69) is 28.6 Å². The summed E-state index contributed by atoms with van der Waals surface area (Å²) in [6, 6.07) is 19.3. The molecule has 0 spiro atoms. The highest BCUT2D eigenvalue weighted by Gasteiger charge is 2.28. The van der Waals surface area contributed by atoms with Crippen molar-refractivity contribution < 1.29 is 4.79 Å². The molecule has 6 heteroatoms. The van der Waals surface area contributed by atoms with Crippen molar-refractivity contribution in [2.45, 2.75) is 44.2 Å². The van der Waals surface area contributed by atoms with Gasteiger partial charge in [-0.15, -0.1) is 0 Å². The van der Waals surface area contributed by atoms with Crippen LogP contribution in [0.4, 0.5) is 5.82 Å². The third kappa shape index (κ3) is 5.38. The molecular weight excluding hydrogens is 429 g/mol. The van der Waals surface area contributed by atoms with Gasteiger partial charge in [-0.3, -0.25) is 4.79 Å². The fraction of sp³-hybridized carbons (Fsp3) is 0.280. The smallest absolute Gasteiger partial charge is 0.242 e. The van der Waals surface area contributed by atoms with Crippen LogP contribution < -0.4 is 10.6 Å². The molecule has 2 aromatic carbocycles. The van der Waals surface area contributed by atoms with Gasteiger partial charge in [0.1, 0.15) is 11.9 Å². The van der Waals surface area contributed by atoms with Gasteiger partial charge in [0.25, 0.3) is 0 Å². The Labute approximate surface area is 193 Å². The maximum absolute atomic E-state index is 13.1. The van der Waals surface area contributed by atoms with Crippen LogP contribution in [0.15, 0.2) is 66.9 Å². The lowest BCUT2D eigenvalue weighted by atomic mass is 9.86. The van der Waals surface area contributed by atoms with Crippen molar-refractivity contribution in [3.8, 4) is 0 Å². The number of carbonyl (C=O) groups is 1. The number of benzene rings is 2. The van der Waals surface area contributed by atoms with E-state index >= 15 is 0 Å². The number of pyridine rings is 1. The molecule has 1 aliphatic rings. The molecule has 160 valence electrons. The number of carbonyl (C=O) groups excluding carboxylic acids is 1. The molecule has 0 fully saturated rings. The molecule has 2 N–H and O–H groups in total. The van der Waals surface area contributed by atoms with Crippen molar-refractivity contribution >= 4 is 34.9 Å². The lowest BCUT2D eigenvalue weighted by molar-refractivity contribution is -0.122. The van der Waals surface area contributed by atoms with Gasteiger partial charge < -0.3 is 10.6 Å². The van der Waals surface area contributed by atoms with E-state index in [1.165, 1.54) is 5.56 Å². The highest BCUT2D eigenvalue weighted by molar-refractivity contribution is 6.30. The minimum atomic E-state index is -0.286. The van der Waals surface area contributed by atoms with Crippen LogP contribution in [0.3, 0.4) is 0 Å². The third-order valence-electron chi connectivity index (χ3n) is 5.86. The van der Waals surface area contributed by atoms with E-state index in [0.29, 0.717) is 10.0 Å². The number of anilines is 1. The van der Waals surface area contributed by atoms with E-state index in [1.807, 2.05) is 54.6 Å². The maximum atomic E-state index is 13.1. The van der Waals surface area contributed by atoms with Crippen molar-refractivity contribution in [2.75, 3.05) is 5.32 Å². The average Bonchev–Trinajstić information content (AvgIpc) is 2.79. The minimum absolute atomic E-state index is 0.00104. The molecule has 31 heavy (non-hydrogen) atoms. The zero-order chi connectivity index (χ0) is 21.8. The Hall–Kier alpha value is -2.56. The van der Waals surface area contributed by atoms with Crippen LogP contribution in [0.1, 0.15) is 36.0 Å². The zero-order valence-electron chi connectivity index (χ0n) is 17.3. The quantitative estimate of drug-likeness (QED) is 0.507. The van der Waals surface area contributed by atoms with Gasteiger partial charge >= 0.3 is 0 Å². The zero-order valence-corrected chi connectivity index (χ0v) is 18.8. The van der Waals surface area contributed by atoms with Crippen LogP contribution in [-0.4, -0.2) is 23.0 Å². The Morgan fingerprint density at radius 2 is 1.77 bits per heavy atom. The van der Waals surface area contributed by atoms with Crippen molar-refractivity contribution in [1.82, 2.24) is 10.3 Å².